The van der Waals surface area contributed by atoms with Gasteiger partial charge in [0.25, 0.3) is 5.69 Å². The van der Waals surface area contributed by atoms with Crippen LogP contribution in [0.1, 0.15) is 10.4 Å². The number of nitro groups is 1. The van der Waals surface area contributed by atoms with E-state index in [0.717, 1.165) is 7.11 Å². The molecule has 0 N–H and O–H groups in total. The molecule has 0 radical (unpaired) electrons. The smallest absolute Gasteiger partial charge is 0.345 e. The minimum Gasteiger partial charge on any atom is -0.491 e. The van der Waals surface area contributed by atoms with Crippen molar-refractivity contribution in [3.8, 4) is 5.75 Å². The monoisotopic (exact) mass is 255 g/mol. The van der Waals surface area contributed by atoms with Crippen LogP contribution in [0.2, 0.25) is 0 Å². The zero-order valence-electron chi connectivity index (χ0n) is 10.0. The standard InChI is InChI=1S/C11H13NO6/c1-16-5-6-18-8-3-4-10(12(14)15)9(7-8)11(13)17-2/h3-4,7H,5-6H2,1-2H3. The highest BCUT2D eigenvalue weighted by atomic mass is 16.6. The van der Waals surface area contributed by atoms with Gasteiger partial charge in [-0.3, -0.25) is 10.1 Å². The van der Waals surface area contributed by atoms with E-state index in [4.69, 9.17) is 9.47 Å². The molecule has 0 saturated heterocycles. The molecule has 0 bridgehead atoms. The molecule has 0 unspecified atom stereocenters. The highest BCUT2D eigenvalue weighted by Crippen LogP contribution is 2.24. The second kappa shape index (κ2) is 6.55. The van der Waals surface area contributed by atoms with Crippen molar-refractivity contribution in [2.45, 2.75) is 0 Å². The van der Waals surface area contributed by atoms with Crippen molar-refractivity contribution in [3.05, 3.63) is 33.9 Å². The molecule has 0 saturated carbocycles. The molecule has 0 aliphatic heterocycles. The lowest BCUT2D eigenvalue weighted by atomic mass is 10.1. The minimum absolute atomic E-state index is 0.141. The van der Waals surface area contributed by atoms with Gasteiger partial charge in [0.15, 0.2) is 0 Å². The molecule has 98 valence electrons. The van der Waals surface area contributed by atoms with E-state index >= 15 is 0 Å². The van der Waals surface area contributed by atoms with Crippen LogP contribution in [0.5, 0.6) is 5.75 Å². The molecule has 0 heterocycles. The SMILES string of the molecule is COCCOc1ccc([N+](=O)[O-])c(C(=O)OC)c1. The fourth-order valence-electron chi connectivity index (χ4n) is 1.28. The first-order chi connectivity index (χ1) is 8.60. The first-order valence-corrected chi connectivity index (χ1v) is 5.08. The average molecular weight is 255 g/mol. The Bertz CT molecular complexity index is 445. The molecule has 18 heavy (non-hydrogen) atoms. The van der Waals surface area contributed by atoms with Crippen LogP contribution in [0.15, 0.2) is 18.2 Å². The van der Waals surface area contributed by atoms with E-state index < -0.39 is 10.9 Å². The number of hydrogen-bond acceptors (Lipinski definition) is 6. The van der Waals surface area contributed by atoms with Gasteiger partial charge in [0, 0.05) is 19.2 Å². The quantitative estimate of drug-likeness (QED) is 0.330. The second-order valence-electron chi connectivity index (χ2n) is 3.27. The molecular weight excluding hydrogens is 242 g/mol. The van der Waals surface area contributed by atoms with E-state index in [1.54, 1.807) is 0 Å². The number of nitrogens with zero attached hydrogens (tertiary/aromatic N) is 1. The summed E-state index contributed by atoms with van der Waals surface area (Å²) in [6.07, 6.45) is 0. The van der Waals surface area contributed by atoms with Crippen molar-refractivity contribution in [1.29, 1.82) is 0 Å². The first kappa shape index (κ1) is 13.9. The lowest BCUT2D eigenvalue weighted by Gasteiger charge is -2.07. The summed E-state index contributed by atoms with van der Waals surface area (Å²) < 4.78 is 14.5. The van der Waals surface area contributed by atoms with E-state index in [9.17, 15) is 14.9 Å². The first-order valence-electron chi connectivity index (χ1n) is 5.08. The molecule has 0 amide bonds. The van der Waals surface area contributed by atoms with Gasteiger partial charge in [-0.1, -0.05) is 0 Å². The van der Waals surface area contributed by atoms with Crippen LogP contribution >= 0.6 is 0 Å². The molecule has 0 aliphatic rings. The van der Waals surface area contributed by atoms with Crippen LogP contribution in [-0.2, 0) is 9.47 Å². The van der Waals surface area contributed by atoms with Crippen LogP contribution in [-0.4, -0.2) is 38.3 Å². The average Bonchev–Trinajstić information content (AvgIpc) is 2.37. The highest BCUT2D eigenvalue weighted by Gasteiger charge is 2.21. The van der Waals surface area contributed by atoms with Gasteiger partial charge in [-0.2, -0.15) is 0 Å². The maximum Gasteiger partial charge on any atom is 0.345 e. The molecule has 0 fully saturated rings. The fourth-order valence-corrected chi connectivity index (χ4v) is 1.28. The summed E-state index contributed by atoms with van der Waals surface area (Å²) in [4.78, 5) is 21.5. The predicted octanol–water partition coefficient (Wildman–Crippen LogP) is 1.41. The molecule has 7 heteroatoms. The van der Waals surface area contributed by atoms with Crippen LogP contribution in [0, 0.1) is 10.1 Å². The molecule has 1 rings (SSSR count). The predicted molar refractivity (Wildman–Crippen MR) is 61.8 cm³/mol. The highest BCUT2D eigenvalue weighted by molar-refractivity contribution is 5.94. The second-order valence-corrected chi connectivity index (χ2v) is 3.27. The topological polar surface area (TPSA) is 87.9 Å². The Morgan fingerprint density at radius 3 is 2.61 bits per heavy atom. The molecule has 0 spiro atoms. The van der Waals surface area contributed by atoms with Crippen molar-refractivity contribution in [1.82, 2.24) is 0 Å². The summed E-state index contributed by atoms with van der Waals surface area (Å²) in [7, 11) is 2.68. The van der Waals surface area contributed by atoms with Crippen LogP contribution in [0.4, 0.5) is 5.69 Å². The number of carbonyl (C=O) groups is 1. The zero-order chi connectivity index (χ0) is 13.5. The van der Waals surface area contributed by atoms with Gasteiger partial charge in [-0.15, -0.1) is 0 Å². The summed E-state index contributed by atoms with van der Waals surface area (Å²) in [5, 5.41) is 10.8. The normalized spacial score (nSPS) is 9.89. The van der Waals surface area contributed by atoms with Crippen LogP contribution in [0.3, 0.4) is 0 Å². The van der Waals surface area contributed by atoms with Gasteiger partial charge < -0.3 is 14.2 Å². The molecule has 0 aliphatic carbocycles. The Morgan fingerprint density at radius 1 is 1.33 bits per heavy atom. The maximum atomic E-state index is 11.4. The van der Waals surface area contributed by atoms with Gasteiger partial charge in [0.05, 0.1) is 18.6 Å². The van der Waals surface area contributed by atoms with E-state index in [2.05, 4.69) is 4.74 Å². The molecule has 1 aromatic rings. The summed E-state index contributed by atoms with van der Waals surface area (Å²) in [6.45, 7) is 0.666. The number of nitro benzene ring substituents is 1. The molecule has 0 aromatic heterocycles. The Hall–Kier alpha value is -2.15. The van der Waals surface area contributed by atoms with Crippen molar-refractivity contribution >= 4 is 11.7 Å². The summed E-state index contributed by atoms with van der Waals surface area (Å²) in [5.41, 5.74) is -0.460. The van der Waals surface area contributed by atoms with Gasteiger partial charge in [0.1, 0.15) is 17.9 Å². The van der Waals surface area contributed by atoms with Crippen molar-refractivity contribution < 1.29 is 23.9 Å². The third kappa shape index (κ3) is 3.42. The van der Waals surface area contributed by atoms with E-state index in [1.807, 2.05) is 0 Å². The Labute approximate surface area is 103 Å². The number of rotatable bonds is 6. The summed E-state index contributed by atoms with van der Waals surface area (Å²) in [5.74, 6) is -0.433. The third-order valence-electron chi connectivity index (χ3n) is 2.13. The van der Waals surface area contributed by atoms with Gasteiger partial charge in [-0.05, 0) is 6.07 Å². The third-order valence-corrected chi connectivity index (χ3v) is 2.13. The number of methoxy groups -OCH3 is 2. The number of carbonyl (C=O) groups excluding carboxylic acids is 1. The van der Waals surface area contributed by atoms with Crippen molar-refractivity contribution in [2.24, 2.45) is 0 Å². The Balaban J connectivity index is 2.98. The molecule has 7 nitrogen and oxygen atoms in total. The summed E-state index contributed by atoms with van der Waals surface area (Å²) in [6, 6.07) is 3.90. The minimum atomic E-state index is -0.779. The molecule has 0 atom stereocenters. The number of esters is 1. The summed E-state index contributed by atoms with van der Waals surface area (Å²) >= 11 is 0. The van der Waals surface area contributed by atoms with Gasteiger partial charge in [0.2, 0.25) is 0 Å². The van der Waals surface area contributed by atoms with Crippen molar-refractivity contribution in [2.75, 3.05) is 27.4 Å². The lowest BCUT2D eigenvalue weighted by Crippen LogP contribution is -2.08. The van der Waals surface area contributed by atoms with E-state index in [1.165, 1.54) is 25.3 Å². The molecular formula is C11H13NO6. The van der Waals surface area contributed by atoms with Crippen LogP contribution in [0.25, 0.3) is 0 Å². The Kier molecular flexibility index (Phi) is 5.06. The largest absolute Gasteiger partial charge is 0.491 e. The van der Waals surface area contributed by atoms with Gasteiger partial charge >= 0.3 is 5.97 Å². The van der Waals surface area contributed by atoms with Crippen molar-refractivity contribution in [3.63, 3.8) is 0 Å². The van der Waals surface area contributed by atoms with Gasteiger partial charge in [-0.25, -0.2) is 4.79 Å². The Morgan fingerprint density at radius 2 is 2.06 bits per heavy atom. The lowest BCUT2D eigenvalue weighted by molar-refractivity contribution is -0.385. The molecule has 1 aromatic carbocycles. The number of ether oxygens (including phenoxy) is 3. The fraction of sp³-hybridized carbons (Fsp3) is 0.364. The number of hydrogen-bond donors (Lipinski definition) is 0. The number of benzene rings is 1. The zero-order valence-corrected chi connectivity index (χ0v) is 10.0. The van der Waals surface area contributed by atoms with E-state index in [-0.39, 0.29) is 17.9 Å². The maximum absolute atomic E-state index is 11.4. The van der Waals surface area contributed by atoms with E-state index in [0.29, 0.717) is 12.4 Å². The van der Waals surface area contributed by atoms with Crippen LogP contribution < -0.4 is 4.74 Å².